The summed E-state index contributed by atoms with van der Waals surface area (Å²) < 4.78 is 5.45. The number of hydrogen-bond donors (Lipinski definition) is 1. The molecular weight excluding hydrogens is 154 g/mol. The van der Waals surface area contributed by atoms with Crippen LogP contribution in [0.4, 0.5) is 0 Å². The number of hydrogen-bond acceptors (Lipinski definition) is 4. The van der Waals surface area contributed by atoms with E-state index in [-0.39, 0.29) is 6.10 Å². The monoisotopic (exact) mass is 167 g/mol. The molecule has 0 aliphatic carbocycles. The third kappa shape index (κ3) is 2.84. The van der Waals surface area contributed by atoms with E-state index in [9.17, 15) is 0 Å². The fourth-order valence-corrected chi connectivity index (χ4v) is 0.872. The van der Waals surface area contributed by atoms with Gasteiger partial charge in [0.05, 0.1) is 18.5 Å². The highest BCUT2D eigenvalue weighted by Crippen LogP contribution is 2.08. The SMILES string of the molecule is CC(CCN)Oc1cncnc1. The molecule has 0 saturated carbocycles. The van der Waals surface area contributed by atoms with Gasteiger partial charge in [-0.25, -0.2) is 9.97 Å². The Morgan fingerprint density at radius 2 is 2.17 bits per heavy atom. The predicted octanol–water partition coefficient (Wildman–Crippen LogP) is 0.593. The molecule has 4 heteroatoms. The van der Waals surface area contributed by atoms with Gasteiger partial charge in [0.1, 0.15) is 6.33 Å². The molecule has 1 aromatic heterocycles. The normalized spacial score (nSPS) is 12.5. The van der Waals surface area contributed by atoms with Crippen LogP contribution in [0, 0.1) is 0 Å². The molecule has 0 aromatic carbocycles. The summed E-state index contributed by atoms with van der Waals surface area (Å²) in [6.07, 6.45) is 5.72. The zero-order valence-corrected chi connectivity index (χ0v) is 7.10. The van der Waals surface area contributed by atoms with E-state index in [1.54, 1.807) is 12.4 Å². The largest absolute Gasteiger partial charge is 0.487 e. The minimum Gasteiger partial charge on any atom is -0.487 e. The highest BCUT2D eigenvalue weighted by Gasteiger charge is 2.01. The van der Waals surface area contributed by atoms with Crippen molar-refractivity contribution in [1.29, 1.82) is 0 Å². The molecule has 1 rings (SSSR count). The van der Waals surface area contributed by atoms with Crippen LogP contribution in [0.5, 0.6) is 5.75 Å². The molecule has 12 heavy (non-hydrogen) atoms. The minimum atomic E-state index is 0.126. The number of rotatable bonds is 4. The maximum absolute atomic E-state index is 5.45. The molecule has 1 aromatic rings. The molecule has 1 atom stereocenters. The topological polar surface area (TPSA) is 61.0 Å². The molecule has 0 spiro atoms. The van der Waals surface area contributed by atoms with E-state index in [4.69, 9.17) is 10.5 Å². The lowest BCUT2D eigenvalue weighted by Gasteiger charge is -2.11. The average molecular weight is 167 g/mol. The molecule has 0 radical (unpaired) electrons. The van der Waals surface area contributed by atoms with Gasteiger partial charge in [-0.05, 0) is 19.9 Å². The summed E-state index contributed by atoms with van der Waals surface area (Å²) in [6, 6.07) is 0. The fraction of sp³-hybridized carbons (Fsp3) is 0.500. The summed E-state index contributed by atoms with van der Waals surface area (Å²) >= 11 is 0. The molecule has 1 unspecified atom stereocenters. The zero-order chi connectivity index (χ0) is 8.81. The second kappa shape index (κ2) is 4.66. The van der Waals surface area contributed by atoms with Gasteiger partial charge in [-0.15, -0.1) is 0 Å². The Bertz CT molecular complexity index is 215. The summed E-state index contributed by atoms with van der Waals surface area (Å²) in [7, 11) is 0. The minimum absolute atomic E-state index is 0.126. The lowest BCUT2D eigenvalue weighted by atomic mass is 10.3. The van der Waals surface area contributed by atoms with Gasteiger partial charge in [-0.1, -0.05) is 0 Å². The van der Waals surface area contributed by atoms with Crippen LogP contribution in [0.1, 0.15) is 13.3 Å². The van der Waals surface area contributed by atoms with E-state index < -0.39 is 0 Å². The van der Waals surface area contributed by atoms with Gasteiger partial charge in [0.2, 0.25) is 0 Å². The molecule has 0 aliphatic heterocycles. The van der Waals surface area contributed by atoms with Crippen LogP contribution in [-0.4, -0.2) is 22.6 Å². The maximum atomic E-state index is 5.45. The van der Waals surface area contributed by atoms with E-state index in [1.165, 1.54) is 6.33 Å². The molecule has 0 amide bonds. The van der Waals surface area contributed by atoms with E-state index in [2.05, 4.69) is 9.97 Å². The number of nitrogens with zero attached hydrogens (tertiary/aromatic N) is 2. The highest BCUT2D eigenvalue weighted by molar-refractivity contribution is 5.10. The van der Waals surface area contributed by atoms with Crippen LogP contribution in [0.2, 0.25) is 0 Å². The summed E-state index contributed by atoms with van der Waals surface area (Å²) in [5.74, 6) is 0.693. The molecule has 0 aliphatic rings. The van der Waals surface area contributed by atoms with Crippen molar-refractivity contribution in [2.75, 3.05) is 6.54 Å². The lowest BCUT2D eigenvalue weighted by Crippen LogP contribution is -2.16. The van der Waals surface area contributed by atoms with Crippen LogP contribution in [0.25, 0.3) is 0 Å². The molecule has 1 heterocycles. The Morgan fingerprint density at radius 3 is 2.75 bits per heavy atom. The van der Waals surface area contributed by atoms with Gasteiger partial charge in [-0.3, -0.25) is 0 Å². The van der Waals surface area contributed by atoms with E-state index in [0.29, 0.717) is 12.3 Å². The van der Waals surface area contributed by atoms with Gasteiger partial charge in [0.15, 0.2) is 5.75 Å². The standard InChI is InChI=1S/C8H13N3O/c1-7(2-3-9)12-8-4-10-6-11-5-8/h4-7H,2-3,9H2,1H3. The van der Waals surface area contributed by atoms with Crippen molar-refractivity contribution >= 4 is 0 Å². The Kier molecular flexibility index (Phi) is 3.47. The summed E-state index contributed by atoms with van der Waals surface area (Å²) in [6.45, 7) is 2.61. The second-order valence-corrected chi connectivity index (χ2v) is 2.58. The zero-order valence-electron chi connectivity index (χ0n) is 7.10. The van der Waals surface area contributed by atoms with E-state index in [0.717, 1.165) is 6.42 Å². The first-order valence-corrected chi connectivity index (χ1v) is 3.94. The van der Waals surface area contributed by atoms with Crippen molar-refractivity contribution in [2.45, 2.75) is 19.4 Å². The van der Waals surface area contributed by atoms with Gasteiger partial charge in [-0.2, -0.15) is 0 Å². The molecular formula is C8H13N3O. The van der Waals surface area contributed by atoms with Gasteiger partial charge < -0.3 is 10.5 Å². The smallest absolute Gasteiger partial charge is 0.156 e. The Hall–Kier alpha value is -1.16. The molecule has 66 valence electrons. The number of nitrogens with two attached hydrogens (primary N) is 1. The van der Waals surface area contributed by atoms with Crippen molar-refractivity contribution in [1.82, 2.24) is 9.97 Å². The van der Waals surface area contributed by atoms with Crippen molar-refractivity contribution < 1.29 is 4.74 Å². The van der Waals surface area contributed by atoms with Gasteiger partial charge >= 0.3 is 0 Å². The van der Waals surface area contributed by atoms with Crippen LogP contribution in [0.3, 0.4) is 0 Å². The first-order chi connectivity index (χ1) is 5.83. The van der Waals surface area contributed by atoms with Crippen molar-refractivity contribution in [2.24, 2.45) is 5.73 Å². The number of aromatic nitrogens is 2. The first kappa shape index (κ1) is 8.93. The third-order valence-corrected chi connectivity index (χ3v) is 1.45. The quantitative estimate of drug-likeness (QED) is 0.713. The van der Waals surface area contributed by atoms with Crippen LogP contribution in [0.15, 0.2) is 18.7 Å². The molecule has 0 saturated heterocycles. The van der Waals surface area contributed by atoms with Crippen molar-refractivity contribution in [3.8, 4) is 5.75 Å². The average Bonchev–Trinajstić information content (AvgIpc) is 2.06. The predicted molar refractivity (Wildman–Crippen MR) is 45.8 cm³/mol. The molecule has 2 N–H and O–H groups in total. The van der Waals surface area contributed by atoms with Crippen LogP contribution < -0.4 is 10.5 Å². The summed E-state index contributed by atoms with van der Waals surface area (Å²) in [4.78, 5) is 7.66. The molecule has 0 bridgehead atoms. The first-order valence-electron chi connectivity index (χ1n) is 3.94. The Labute approximate surface area is 71.8 Å². The van der Waals surface area contributed by atoms with E-state index >= 15 is 0 Å². The Balaban J connectivity index is 2.41. The third-order valence-electron chi connectivity index (χ3n) is 1.45. The lowest BCUT2D eigenvalue weighted by molar-refractivity contribution is 0.212. The van der Waals surface area contributed by atoms with Crippen molar-refractivity contribution in [3.05, 3.63) is 18.7 Å². The summed E-state index contributed by atoms with van der Waals surface area (Å²) in [5.41, 5.74) is 5.37. The van der Waals surface area contributed by atoms with Gasteiger partial charge in [0.25, 0.3) is 0 Å². The Morgan fingerprint density at radius 1 is 1.50 bits per heavy atom. The number of ether oxygens (including phenoxy) is 1. The molecule has 0 fully saturated rings. The highest BCUT2D eigenvalue weighted by atomic mass is 16.5. The maximum Gasteiger partial charge on any atom is 0.156 e. The van der Waals surface area contributed by atoms with Gasteiger partial charge in [0, 0.05) is 0 Å². The van der Waals surface area contributed by atoms with E-state index in [1.807, 2.05) is 6.92 Å². The van der Waals surface area contributed by atoms with Crippen LogP contribution >= 0.6 is 0 Å². The second-order valence-electron chi connectivity index (χ2n) is 2.58. The molecule has 4 nitrogen and oxygen atoms in total. The van der Waals surface area contributed by atoms with Crippen LogP contribution in [-0.2, 0) is 0 Å². The van der Waals surface area contributed by atoms with Crippen molar-refractivity contribution in [3.63, 3.8) is 0 Å². The fourth-order valence-electron chi connectivity index (χ4n) is 0.872. The summed E-state index contributed by atoms with van der Waals surface area (Å²) in [5, 5.41) is 0.